The quantitative estimate of drug-likeness (QED) is 0.731. The number of hydrogen-bond donors (Lipinski definition) is 1. The summed E-state index contributed by atoms with van der Waals surface area (Å²) in [5, 5.41) is 0. The molecule has 0 aliphatic heterocycles. The Balaban J connectivity index is 2.25. The monoisotopic (exact) mass is 187 g/mol. The van der Waals surface area contributed by atoms with E-state index >= 15 is 0 Å². The van der Waals surface area contributed by atoms with Gasteiger partial charge in [-0.05, 0) is 18.6 Å². The van der Waals surface area contributed by atoms with E-state index in [1.54, 1.807) is 6.07 Å². The summed E-state index contributed by atoms with van der Waals surface area (Å²) in [5.74, 6) is -2.12. The van der Waals surface area contributed by atoms with E-state index in [0.29, 0.717) is 5.76 Å². The van der Waals surface area contributed by atoms with Crippen LogP contribution in [0.15, 0.2) is 16.7 Å². The van der Waals surface area contributed by atoms with E-state index < -0.39 is 11.5 Å². The molecule has 0 unspecified atom stereocenters. The lowest BCUT2D eigenvalue weighted by molar-refractivity contribution is -0.130. The fraction of sp³-hybridized carbons (Fsp3) is 0.556. The molecule has 2 N–H and O–H groups in total. The van der Waals surface area contributed by atoms with Crippen LogP contribution < -0.4 is 5.73 Å². The molecule has 0 atom stereocenters. The molecule has 1 aliphatic rings. The number of hydrogen-bond acceptors (Lipinski definition) is 2. The fourth-order valence-corrected chi connectivity index (χ4v) is 1.91. The molecule has 0 aromatic carbocycles. The predicted octanol–water partition coefficient (Wildman–Crippen LogP) is 2.17. The van der Waals surface area contributed by atoms with E-state index in [-0.39, 0.29) is 12.8 Å². The highest BCUT2D eigenvalue weighted by molar-refractivity contribution is 5.27. The van der Waals surface area contributed by atoms with Gasteiger partial charge in [-0.3, -0.25) is 0 Å². The van der Waals surface area contributed by atoms with Crippen molar-refractivity contribution >= 4 is 0 Å². The maximum atomic E-state index is 12.6. The van der Waals surface area contributed by atoms with Gasteiger partial charge >= 0.3 is 0 Å². The van der Waals surface area contributed by atoms with Gasteiger partial charge in [0.05, 0.1) is 11.8 Å². The first-order chi connectivity index (χ1) is 5.93. The van der Waals surface area contributed by atoms with Crippen molar-refractivity contribution in [2.24, 2.45) is 5.73 Å². The maximum Gasteiger partial charge on any atom is 0.252 e. The Hall–Kier alpha value is -0.900. The van der Waals surface area contributed by atoms with Crippen LogP contribution in [0, 0.1) is 6.92 Å². The summed E-state index contributed by atoms with van der Waals surface area (Å²) in [6.07, 6.45) is 0.860. The first kappa shape index (κ1) is 8.69. The fourth-order valence-electron chi connectivity index (χ4n) is 1.91. The molecule has 1 fully saturated rings. The Morgan fingerprint density at radius 2 is 2.08 bits per heavy atom. The van der Waals surface area contributed by atoms with Crippen molar-refractivity contribution in [3.8, 4) is 0 Å². The zero-order valence-corrected chi connectivity index (χ0v) is 7.31. The molecule has 1 aliphatic carbocycles. The van der Waals surface area contributed by atoms with Crippen LogP contribution in [0.1, 0.15) is 24.2 Å². The summed E-state index contributed by atoms with van der Waals surface area (Å²) < 4.78 is 30.4. The molecular weight excluding hydrogens is 176 g/mol. The van der Waals surface area contributed by atoms with Crippen LogP contribution in [0.25, 0.3) is 0 Å². The molecule has 0 amide bonds. The van der Waals surface area contributed by atoms with Crippen LogP contribution >= 0.6 is 0 Å². The third kappa shape index (κ3) is 1.25. The normalized spacial score (nSPS) is 24.0. The summed E-state index contributed by atoms with van der Waals surface area (Å²) >= 11 is 0. The number of nitrogens with two attached hydrogens (primary N) is 1. The first-order valence-electron chi connectivity index (χ1n) is 4.14. The van der Waals surface area contributed by atoms with Crippen molar-refractivity contribution in [1.29, 1.82) is 0 Å². The highest BCUT2D eigenvalue weighted by atomic mass is 19.3. The van der Waals surface area contributed by atoms with E-state index in [1.807, 2.05) is 6.92 Å². The van der Waals surface area contributed by atoms with Gasteiger partial charge in [-0.25, -0.2) is 8.78 Å². The van der Waals surface area contributed by atoms with Gasteiger partial charge in [-0.2, -0.15) is 0 Å². The highest BCUT2D eigenvalue weighted by Gasteiger charge is 2.57. The zero-order valence-electron chi connectivity index (χ0n) is 7.31. The average molecular weight is 187 g/mol. The molecule has 2 nitrogen and oxygen atoms in total. The maximum absolute atomic E-state index is 12.6. The van der Waals surface area contributed by atoms with Gasteiger partial charge in [-0.1, -0.05) is 0 Å². The topological polar surface area (TPSA) is 39.2 Å². The van der Waals surface area contributed by atoms with Gasteiger partial charge in [0.15, 0.2) is 0 Å². The van der Waals surface area contributed by atoms with Gasteiger partial charge in [-0.15, -0.1) is 0 Å². The zero-order chi connectivity index (χ0) is 9.69. The van der Waals surface area contributed by atoms with Crippen molar-refractivity contribution in [2.45, 2.75) is 31.2 Å². The third-order valence-corrected chi connectivity index (χ3v) is 2.46. The third-order valence-electron chi connectivity index (χ3n) is 2.46. The minimum Gasteiger partial charge on any atom is -0.467 e. The van der Waals surface area contributed by atoms with E-state index in [4.69, 9.17) is 10.2 Å². The van der Waals surface area contributed by atoms with Crippen LogP contribution in [0.5, 0.6) is 0 Å². The Morgan fingerprint density at radius 1 is 1.46 bits per heavy atom. The van der Waals surface area contributed by atoms with Gasteiger partial charge < -0.3 is 10.2 Å². The van der Waals surface area contributed by atoms with E-state index in [0.717, 1.165) is 5.56 Å². The van der Waals surface area contributed by atoms with Gasteiger partial charge in [0.1, 0.15) is 5.76 Å². The SMILES string of the molecule is Cc1ccoc1C1(N)CC(F)(F)C1. The number of halogens is 2. The Bertz CT molecular complexity index is 324. The van der Waals surface area contributed by atoms with Gasteiger partial charge in [0.25, 0.3) is 5.92 Å². The molecule has 2 rings (SSSR count). The summed E-state index contributed by atoms with van der Waals surface area (Å²) in [4.78, 5) is 0. The second-order valence-corrected chi connectivity index (χ2v) is 3.80. The van der Waals surface area contributed by atoms with Gasteiger partial charge in [0.2, 0.25) is 0 Å². The molecule has 1 aromatic rings. The highest BCUT2D eigenvalue weighted by Crippen LogP contribution is 2.50. The summed E-state index contributed by atoms with van der Waals surface area (Å²) in [6.45, 7) is 1.81. The molecule has 1 saturated carbocycles. The van der Waals surface area contributed by atoms with E-state index in [1.165, 1.54) is 6.26 Å². The lowest BCUT2D eigenvalue weighted by Gasteiger charge is -2.43. The van der Waals surface area contributed by atoms with Crippen LogP contribution in [0.2, 0.25) is 0 Å². The minimum absolute atomic E-state index is 0.311. The van der Waals surface area contributed by atoms with Crippen LogP contribution in [-0.4, -0.2) is 5.92 Å². The van der Waals surface area contributed by atoms with E-state index in [2.05, 4.69) is 0 Å². The second-order valence-electron chi connectivity index (χ2n) is 3.80. The Kier molecular flexibility index (Phi) is 1.55. The molecule has 0 spiro atoms. The minimum atomic E-state index is -2.62. The summed E-state index contributed by atoms with van der Waals surface area (Å²) in [5.41, 5.74) is 5.67. The molecular formula is C9H11F2NO. The Morgan fingerprint density at radius 3 is 2.46 bits per heavy atom. The second kappa shape index (κ2) is 2.32. The van der Waals surface area contributed by atoms with Crippen LogP contribution in [0.4, 0.5) is 8.78 Å². The van der Waals surface area contributed by atoms with Crippen molar-refractivity contribution in [3.05, 3.63) is 23.7 Å². The Labute approximate surface area is 74.7 Å². The first-order valence-corrected chi connectivity index (χ1v) is 4.14. The van der Waals surface area contributed by atoms with Crippen molar-refractivity contribution in [2.75, 3.05) is 0 Å². The number of rotatable bonds is 1. The van der Waals surface area contributed by atoms with Crippen LogP contribution in [-0.2, 0) is 5.54 Å². The average Bonchev–Trinajstić information content (AvgIpc) is 2.30. The van der Waals surface area contributed by atoms with Crippen LogP contribution in [0.3, 0.4) is 0 Å². The lowest BCUT2D eigenvalue weighted by Crippen LogP contribution is -2.55. The largest absolute Gasteiger partial charge is 0.467 e. The summed E-state index contributed by atoms with van der Waals surface area (Å²) in [6, 6.07) is 1.74. The molecule has 4 heteroatoms. The molecule has 0 radical (unpaired) electrons. The summed E-state index contributed by atoms with van der Waals surface area (Å²) in [7, 11) is 0. The van der Waals surface area contributed by atoms with Gasteiger partial charge in [0, 0.05) is 12.8 Å². The predicted molar refractivity (Wildman–Crippen MR) is 43.5 cm³/mol. The molecule has 1 aromatic heterocycles. The number of alkyl halides is 2. The number of aryl methyl sites for hydroxylation is 1. The molecule has 72 valence electrons. The van der Waals surface area contributed by atoms with E-state index in [9.17, 15) is 8.78 Å². The molecule has 1 heterocycles. The smallest absolute Gasteiger partial charge is 0.252 e. The molecule has 13 heavy (non-hydrogen) atoms. The lowest BCUT2D eigenvalue weighted by atomic mass is 9.72. The van der Waals surface area contributed by atoms with Crippen molar-refractivity contribution in [3.63, 3.8) is 0 Å². The standard InChI is InChI=1S/C9H11F2NO/c1-6-2-3-13-7(6)8(12)4-9(10,11)5-8/h2-3H,4-5,12H2,1H3. The van der Waals surface area contributed by atoms with Crippen molar-refractivity contribution < 1.29 is 13.2 Å². The number of furan rings is 1. The van der Waals surface area contributed by atoms with Crippen molar-refractivity contribution in [1.82, 2.24) is 0 Å². The molecule has 0 bridgehead atoms. The molecule has 0 saturated heterocycles.